The summed E-state index contributed by atoms with van der Waals surface area (Å²) in [5.41, 5.74) is 3.74. The van der Waals surface area contributed by atoms with Gasteiger partial charge in [0.05, 0.1) is 0 Å². The van der Waals surface area contributed by atoms with E-state index in [4.69, 9.17) is 4.74 Å². The zero-order valence-corrected chi connectivity index (χ0v) is 11.1. The number of carbonyl (C=O) groups is 1. The van der Waals surface area contributed by atoms with Gasteiger partial charge in [-0.1, -0.05) is 18.2 Å². The summed E-state index contributed by atoms with van der Waals surface area (Å²) in [7, 11) is 0. The standard InChI is InChI=1S/C15H20N2O2/c18-15(13-7-3-9-19-13)17-10-12-5-1-4-11-6-2-8-16-14(11)12/h1,4-5,13,16H,2-3,6-10H2,(H,17,18). The van der Waals surface area contributed by atoms with Crippen LogP contribution in [0.25, 0.3) is 0 Å². The zero-order chi connectivity index (χ0) is 13.1. The molecule has 1 atom stereocenters. The van der Waals surface area contributed by atoms with Crippen molar-refractivity contribution in [3.63, 3.8) is 0 Å². The van der Waals surface area contributed by atoms with Gasteiger partial charge in [-0.15, -0.1) is 0 Å². The fourth-order valence-electron chi connectivity index (χ4n) is 2.81. The van der Waals surface area contributed by atoms with Crippen LogP contribution in [0.4, 0.5) is 5.69 Å². The lowest BCUT2D eigenvalue weighted by atomic mass is 9.99. The van der Waals surface area contributed by atoms with E-state index < -0.39 is 0 Å². The smallest absolute Gasteiger partial charge is 0.249 e. The van der Waals surface area contributed by atoms with Gasteiger partial charge >= 0.3 is 0 Å². The summed E-state index contributed by atoms with van der Waals surface area (Å²) < 4.78 is 5.39. The molecule has 2 aliphatic heterocycles. The van der Waals surface area contributed by atoms with Crippen molar-refractivity contribution in [3.05, 3.63) is 29.3 Å². The first kappa shape index (κ1) is 12.5. The first-order chi connectivity index (χ1) is 9.34. The number of anilines is 1. The van der Waals surface area contributed by atoms with Crippen LogP contribution in [-0.4, -0.2) is 25.2 Å². The van der Waals surface area contributed by atoms with Crippen molar-refractivity contribution in [3.8, 4) is 0 Å². The van der Waals surface area contributed by atoms with Gasteiger partial charge in [0.15, 0.2) is 0 Å². The summed E-state index contributed by atoms with van der Waals surface area (Å²) in [6.07, 6.45) is 3.89. The summed E-state index contributed by atoms with van der Waals surface area (Å²) >= 11 is 0. The van der Waals surface area contributed by atoms with Gasteiger partial charge in [0.25, 0.3) is 0 Å². The van der Waals surface area contributed by atoms with Crippen molar-refractivity contribution in [2.75, 3.05) is 18.5 Å². The van der Waals surface area contributed by atoms with E-state index in [0.717, 1.165) is 25.8 Å². The highest BCUT2D eigenvalue weighted by Gasteiger charge is 2.23. The lowest BCUT2D eigenvalue weighted by Crippen LogP contribution is -2.34. The van der Waals surface area contributed by atoms with Crippen molar-refractivity contribution >= 4 is 11.6 Å². The maximum Gasteiger partial charge on any atom is 0.249 e. The molecule has 4 heteroatoms. The van der Waals surface area contributed by atoms with Crippen molar-refractivity contribution in [2.45, 2.75) is 38.3 Å². The molecule has 3 rings (SSSR count). The average Bonchev–Trinajstić information content (AvgIpc) is 2.99. The Morgan fingerprint density at radius 1 is 1.42 bits per heavy atom. The van der Waals surface area contributed by atoms with Gasteiger partial charge in [0, 0.05) is 25.4 Å². The molecule has 1 saturated heterocycles. The summed E-state index contributed by atoms with van der Waals surface area (Å²) in [5.74, 6) is 0.0194. The molecular formula is C15H20N2O2. The molecular weight excluding hydrogens is 240 g/mol. The molecule has 1 unspecified atom stereocenters. The number of benzene rings is 1. The molecule has 0 saturated carbocycles. The summed E-state index contributed by atoms with van der Waals surface area (Å²) in [5, 5.41) is 6.43. The molecule has 1 amide bonds. The Hall–Kier alpha value is -1.55. The van der Waals surface area contributed by atoms with Crippen LogP contribution < -0.4 is 10.6 Å². The Kier molecular flexibility index (Phi) is 3.69. The Morgan fingerprint density at radius 3 is 3.21 bits per heavy atom. The minimum atomic E-state index is -0.243. The van der Waals surface area contributed by atoms with Crippen LogP contribution >= 0.6 is 0 Å². The molecule has 0 aromatic heterocycles. The van der Waals surface area contributed by atoms with Crippen molar-refractivity contribution in [1.29, 1.82) is 0 Å². The second-order valence-electron chi connectivity index (χ2n) is 5.20. The third-order valence-corrected chi connectivity index (χ3v) is 3.84. The average molecular weight is 260 g/mol. The topological polar surface area (TPSA) is 50.4 Å². The maximum absolute atomic E-state index is 11.9. The highest BCUT2D eigenvalue weighted by atomic mass is 16.5. The Labute approximate surface area is 113 Å². The van der Waals surface area contributed by atoms with E-state index >= 15 is 0 Å². The summed E-state index contributed by atoms with van der Waals surface area (Å²) in [6.45, 7) is 2.30. The molecule has 1 aromatic rings. The predicted molar refractivity (Wildman–Crippen MR) is 74.1 cm³/mol. The second-order valence-corrected chi connectivity index (χ2v) is 5.20. The van der Waals surface area contributed by atoms with E-state index in [2.05, 4.69) is 28.8 Å². The molecule has 0 bridgehead atoms. The molecule has 0 radical (unpaired) electrons. The lowest BCUT2D eigenvalue weighted by molar-refractivity contribution is -0.130. The van der Waals surface area contributed by atoms with Gasteiger partial charge in [0.2, 0.25) is 5.91 Å². The van der Waals surface area contributed by atoms with Gasteiger partial charge in [-0.05, 0) is 36.8 Å². The number of nitrogens with one attached hydrogen (secondary N) is 2. The molecule has 4 nitrogen and oxygen atoms in total. The number of fused-ring (bicyclic) bond motifs is 1. The largest absolute Gasteiger partial charge is 0.385 e. The number of aryl methyl sites for hydroxylation is 1. The van der Waals surface area contributed by atoms with Crippen LogP contribution in [0.5, 0.6) is 0 Å². The molecule has 19 heavy (non-hydrogen) atoms. The molecule has 2 heterocycles. The number of ether oxygens (including phenoxy) is 1. The van der Waals surface area contributed by atoms with Crippen LogP contribution in [0.2, 0.25) is 0 Å². The van der Waals surface area contributed by atoms with Crippen molar-refractivity contribution in [2.24, 2.45) is 0 Å². The zero-order valence-electron chi connectivity index (χ0n) is 11.1. The van der Waals surface area contributed by atoms with Gasteiger partial charge in [-0.25, -0.2) is 0 Å². The highest BCUT2D eigenvalue weighted by molar-refractivity contribution is 5.81. The fourth-order valence-corrected chi connectivity index (χ4v) is 2.81. The van der Waals surface area contributed by atoms with E-state index in [1.807, 2.05) is 0 Å². The second kappa shape index (κ2) is 5.61. The van der Waals surface area contributed by atoms with Gasteiger partial charge in [0.1, 0.15) is 6.10 Å². The van der Waals surface area contributed by atoms with Crippen molar-refractivity contribution < 1.29 is 9.53 Å². The SMILES string of the molecule is O=C(NCc1cccc2c1NCCC2)C1CCCO1. The molecule has 2 N–H and O–H groups in total. The van der Waals surface area contributed by atoms with E-state index in [-0.39, 0.29) is 12.0 Å². The third-order valence-electron chi connectivity index (χ3n) is 3.84. The minimum absolute atomic E-state index is 0.0194. The Balaban J connectivity index is 1.65. The van der Waals surface area contributed by atoms with Gasteiger partial charge < -0.3 is 15.4 Å². The molecule has 0 spiro atoms. The number of para-hydroxylation sites is 1. The Bertz CT molecular complexity index is 467. The summed E-state index contributed by atoms with van der Waals surface area (Å²) in [6, 6.07) is 6.30. The van der Waals surface area contributed by atoms with E-state index in [1.165, 1.54) is 23.2 Å². The first-order valence-corrected chi connectivity index (χ1v) is 7.08. The third kappa shape index (κ3) is 2.73. The monoisotopic (exact) mass is 260 g/mol. The van der Waals surface area contributed by atoms with Gasteiger partial charge in [-0.2, -0.15) is 0 Å². The van der Waals surface area contributed by atoms with Crippen LogP contribution in [0.15, 0.2) is 18.2 Å². The van der Waals surface area contributed by atoms with Crippen LogP contribution in [0.3, 0.4) is 0 Å². The predicted octanol–water partition coefficient (Wildman–Crippen LogP) is 1.84. The normalized spacial score (nSPS) is 21.6. The fraction of sp³-hybridized carbons (Fsp3) is 0.533. The molecule has 1 fully saturated rings. The van der Waals surface area contributed by atoms with Crippen molar-refractivity contribution in [1.82, 2.24) is 5.32 Å². The minimum Gasteiger partial charge on any atom is -0.385 e. The quantitative estimate of drug-likeness (QED) is 0.872. The number of carbonyl (C=O) groups excluding carboxylic acids is 1. The van der Waals surface area contributed by atoms with Crippen LogP contribution in [0, 0.1) is 0 Å². The number of hydrogen-bond acceptors (Lipinski definition) is 3. The summed E-state index contributed by atoms with van der Waals surface area (Å²) in [4.78, 5) is 11.9. The molecule has 102 valence electrons. The molecule has 2 aliphatic rings. The highest BCUT2D eigenvalue weighted by Crippen LogP contribution is 2.26. The lowest BCUT2D eigenvalue weighted by Gasteiger charge is -2.21. The Morgan fingerprint density at radius 2 is 2.37 bits per heavy atom. The molecule has 1 aromatic carbocycles. The van der Waals surface area contributed by atoms with Crippen LogP contribution in [0.1, 0.15) is 30.4 Å². The molecule has 0 aliphatic carbocycles. The van der Waals surface area contributed by atoms with E-state index in [9.17, 15) is 4.79 Å². The number of hydrogen-bond donors (Lipinski definition) is 2. The van der Waals surface area contributed by atoms with E-state index in [0.29, 0.717) is 13.2 Å². The maximum atomic E-state index is 11.9. The van der Waals surface area contributed by atoms with Crippen LogP contribution in [-0.2, 0) is 22.5 Å². The number of rotatable bonds is 3. The van der Waals surface area contributed by atoms with E-state index in [1.54, 1.807) is 0 Å². The number of amides is 1. The van der Waals surface area contributed by atoms with Gasteiger partial charge in [-0.3, -0.25) is 4.79 Å². The first-order valence-electron chi connectivity index (χ1n) is 7.08.